The summed E-state index contributed by atoms with van der Waals surface area (Å²) < 4.78 is 0. The van der Waals surface area contributed by atoms with E-state index >= 15 is 0 Å². The van der Waals surface area contributed by atoms with Crippen molar-refractivity contribution in [3.8, 4) is 0 Å². The van der Waals surface area contributed by atoms with Gasteiger partial charge in [-0.25, -0.2) is 4.79 Å². The van der Waals surface area contributed by atoms with E-state index in [1.54, 1.807) is 30.3 Å². The minimum atomic E-state index is -2.18. The SMILES string of the molecule is O=C(O)C(Cc1ccccc1)NC(=O)C(O)C(O)C(O)C(O)CO.[Na]. The van der Waals surface area contributed by atoms with E-state index in [9.17, 15) is 30.0 Å². The minimum Gasteiger partial charge on any atom is -0.480 e. The van der Waals surface area contributed by atoms with Gasteiger partial charge in [-0.1, -0.05) is 30.3 Å². The van der Waals surface area contributed by atoms with E-state index in [0.717, 1.165) is 0 Å². The third-order valence-corrected chi connectivity index (χ3v) is 3.42. The van der Waals surface area contributed by atoms with Crippen LogP contribution in [0, 0.1) is 0 Å². The number of hydrogen-bond donors (Lipinski definition) is 7. The van der Waals surface area contributed by atoms with Crippen molar-refractivity contribution in [1.82, 2.24) is 5.32 Å². The molecule has 1 rings (SSSR count). The maximum absolute atomic E-state index is 11.9. The van der Waals surface area contributed by atoms with Gasteiger partial charge in [0.25, 0.3) is 5.91 Å². The molecule has 5 unspecified atom stereocenters. The van der Waals surface area contributed by atoms with Gasteiger partial charge in [0.05, 0.1) is 6.61 Å². The zero-order valence-electron chi connectivity index (χ0n) is 13.7. The molecule has 135 valence electrons. The Hall–Kier alpha value is -1.04. The summed E-state index contributed by atoms with van der Waals surface area (Å²) in [5, 5.41) is 57.9. The Balaban J connectivity index is 0.00000576. The van der Waals surface area contributed by atoms with Gasteiger partial charge in [-0.3, -0.25) is 4.79 Å². The number of amides is 1. The molecule has 0 aliphatic rings. The number of hydrogen-bond acceptors (Lipinski definition) is 7. The zero-order valence-corrected chi connectivity index (χ0v) is 15.7. The largest absolute Gasteiger partial charge is 0.480 e. The number of benzene rings is 1. The Kier molecular flexibility index (Phi) is 11.1. The second kappa shape index (κ2) is 11.6. The maximum atomic E-state index is 11.9. The quantitative estimate of drug-likeness (QED) is 0.225. The van der Waals surface area contributed by atoms with Crippen LogP contribution in [0.1, 0.15) is 5.56 Å². The molecule has 9 nitrogen and oxygen atoms in total. The first-order valence-electron chi connectivity index (χ1n) is 7.18. The van der Waals surface area contributed by atoms with Crippen LogP contribution in [-0.2, 0) is 16.0 Å². The van der Waals surface area contributed by atoms with E-state index in [0.29, 0.717) is 5.56 Å². The molecule has 1 aromatic rings. The number of rotatable bonds is 9. The van der Waals surface area contributed by atoms with Gasteiger partial charge in [0, 0.05) is 36.0 Å². The number of carbonyl (C=O) groups is 2. The van der Waals surface area contributed by atoms with Crippen LogP contribution in [-0.4, -0.2) is 109 Å². The normalized spacial score (nSPS) is 16.7. The Morgan fingerprint density at radius 1 is 1.00 bits per heavy atom. The van der Waals surface area contributed by atoms with Crippen molar-refractivity contribution in [2.75, 3.05) is 6.61 Å². The summed E-state index contributed by atoms with van der Waals surface area (Å²) in [4.78, 5) is 23.1. The summed E-state index contributed by atoms with van der Waals surface area (Å²) in [6, 6.07) is 7.10. The van der Waals surface area contributed by atoms with Gasteiger partial charge < -0.3 is 36.0 Å². The van der Waals surface area contributed by atoms with Crippen LogP contribution in [0.15, 0.2) is 30.3 Å². The van der Waals surface area contributed by atoms with Crippen LogP contribution in [0.5, 0.6) is 0 Å². The zero-order chi connectivity index (χ0) is 18.3. The van der Waals surface area contributed by atoms with Crippen molar-refractivity contribution < 1.29 is 40.2 Å². The van der Waals surface area contributed by atoms with Gasteiger partial charge in [-0.05, 0) is 5.56 Å². The third kappa shape index (κ3) is 7.38. The molecule has 0 spiro atoms. The molecule has 0 bridgehead atoms. The number of aliphatic hydroxyl groups excluding tert-OH is 5. The van der Waals surface area contributed by atoms with Gasteiger partial charge in [0.2, 0.25) is 0 Å². The van der Waals surface area contributed by atoms with Crippen LogP contribution in [0.3, 0.4) is 0 Å². The van der Waals surface area contributed by atoms with Gasteiger partial charge in [-0.2, -0.15) is 0 Å². The Morgan fingerprint density at radius 3 is 2.04 bits per heavy atom. The number of aliphatic hydroxyl groups is 5. The molecular formula is C15H21NNaO8. The predicted octanol–water partition coefficient (Wildman–Crippen LogP) is -3.15. The molecule has 0 saturated heterocycles. The molecule has 0 fully saturated rings. The third-order valence-electron chi connectivity index (χ3n) is 3.42. The first kappa shape index (κ1) is 24.0. The van der Waals surface area contributed by atoms with E-state index in [1.165, 1.54) is 0 Å². The van der Waals surface area contributed by atoms with E-state index in [1.807, 2.05) is 0 Å². The fourth-order valence-electron chi connectivity index (χ4n) is 1.98. The fraction of sp³-hybridized carbons (Fsp3) is 0.467. The van der Waals surface area contributed by atoms with E-state index in [2.05, 4.69) is 5.32 Å². The summed E-state index contributed by atoms with van der Waals surface area (Å²) >= 11 is 0. The van der Waals surface area contributed by atoms with Gasteiger partial charge in [-0.15, -0.1) is 0 Å². The second-order valence-corrected chi connectivity index (χ2v) is 5.27. The molecule has 0 saturated carbocycles. The molecule has 5 atom stereocenters. The van der Waals surface area contributed by atoms with E-state index in [-0.39, 0.29) is 36.0 Å². The molecule has 1 amide bonds. The standard InChI is InChI=1S/C15H21NO8.Na/c17-7-10(18)11(19)12(20)13(21)14(22)16-9(15(23)24)6-8-4-2-1-3-5-8;/h1-5,9-13,17-21H,6-7H2,(H,16,22)(H,23,24);. The second-order valence-electron chi connectivity index (χ2n) is 5.27. The molecule has 25 heavy (non-hydrogen) atoms. The minimum absolute atomic E-state index is 0. The molecule has 0 aromatic heterocycles. The van der Waals surface area contributed by atoms with Crippen molar-refractivity contribution in [3.63, 3.8) is 0 Å². The van der Waals surface area contributed by atoms with Gasteiger partial charge >= 0.3 is 5.97 Å². The van der Waals surface area contributed by atoms with E-state index in [4.69, 9.17) is 10.2 Å². The average Bonchev–Trinajstić information content (AvgIpc) is 2.59. The molecule has 1 aromatic carbocycles. The summed E-state index contributed by atoms with van der Waals surface area (Å²) in [6.07, 6.45) is -8.07. The van der Waals surface area contributed by atoms with Crippen LogP contribution in [0.4, 0.5) is 0 Å². The van der Waals surface area contributed by atoms with Crippen LogP contribution in [0.2, 0.25) is 0 Å². The van der Waals surface area contributed by atoms with E-state index < -0.39 is 48.9 Å². The van der Waals surface area contributed by atoms with Gasteiger partial charge in [0.1, 0.15) is 24.4 Å². The molecular weight excluding hydrogens is 345 g/mol. The summed E-state index contributed by atoms with van der Waals surface area (Å²) in [7, 11) is 0. The molecule has 0 heterocycles. The van der Waals surface area contributed by atoms with Crippen molar-refractivity contribution in [3.05, 3.63) is 35.9 Å². The van der Waals surface area contributed by atoms with Crippen LogP contribution in [0.25, 0.3) is 0 Å². The molecule has 1 radical (unpaired) electrons. The Bertz CT molecular complexity index is 544. The number of carbonyl (C=O) groups excluding carboxylic acids is 1. The summed E-state index contributed by atoms with van der Waals surface area (Å²) in [6.45, 7) is -0.891. The van der Waals surface area contributed by atoms with Crippen LogP contribution < -0.4 is 5.32 Å². The molecule has 7 N–H and O–H groups in total. The monoisotopic (exact) mass is 366 g/mol. The summed E-state index contributed by atoms with van der Waals surface area (Å²) in [5.41, 5.74) is 0.635. The fourth-order valence-corrected chi connectivity index (χ4v) is 1.98. The van der Waals surface area contributed by atoms with Crippen molar-refractivity contribution in [2.24, 2.45) is 0 Å². The first-order valence-corrected chi connectivity index (χ1v) is 7.18. The number of aliphatic carboxylic acids is 1. The van der Waals surface area contributed by atoms with Crippen molar-refractivity contribution in [1.29, 1.82) is 0 Å². The smallest absolute Gasteiger partial charge is 0.326 e. The average molecular weight is 366 g/mol. The number of carboxylic acids is 1. The number of carboxylic acid groups (broad SMARTS) is 1. The molecule has 10 heteroatoms. The molecule has 0 aliphatic carbocycles. The van der Waals surface area contributed by atoms with Gasteiger partial charge in [0.15, 0.2) is 6.10 Å². The predicted molar refractivity (Wildman–Crippen MR) is 86.6 cm³/mol. The van der Waals surface area contributed by atoms with Crippen molar-refractivity contribution >= 4 is 41.4 Å². The summed E-state index contributed by atoms with van der Waals surface area (Å²) in [5.74, 6) is -2.57. The maximum Gasteiger partial charge on any atom is 0.326 e. The topological polar surface area (TPSA) is 168 Å². The first-order chi connectivity index (χ1) is 11.3. The number of nitrogens with one attached hydrogen (secondary N) is 1. The Morgan fingerprint density at radius 2 is 1.56 bits per heavy atom. The van der Waals surface area contributed by atoms with Crippen LogP contribution >= 0.6 is 0 Å². The van der Waals surface area contributed by atoms with Crippen molar-refractivity contribution in [2.45, 2.75) is 36.9 Å². The Labute approximate surface area is 166 Å². The molecule has 0 aliphatic heterocycles.